The van der Waals surface area contributed by atoms with Crippen molar-refractivity contribution in [1.82, 2.24) is 4.90 Å². The van der Waals surface area contributed by atoms with E-state index in [1.807, 2.05) is 0 Å². The number of nitrogens with zero attached hydrogens (tertiary/aromatic N) is 1. The van der Waals surface area contributed by atoms with Gasteiger partial charge in [0.25, 0.3) is 0 Å². The number of rotatable bonds is 3. The predicted octanol–water partition coefficient (Wildman–Crippen LogP) is 0.941. The number of β-amino-alcohol motifs (C(OH)–C–C–N with tert-alkyl or cyclic N) is 1. The van der Waals surface area contributed by atoms with Crippen molar-refractivity contribution in [3.05, 3.63) is 23.2 Å². The maximum atomic E-state index is 11.4. The minimum Gasteiger partial charge on any atom is -0.465 e. The Morgan fingerprint density at radius 1 is 1.71 bits per heavy atom. The molecule has 1 atom stereocenters. The van der Waals surface area contributed by atoms with E-state index in [1.54, 1.807) is 13.0 Å². The fourth-order valence-corrected chi connectivity index (χ4v) is 2.11. The monoisotopic (exact) mass is 239 g/mol. The van der Waals surface area contributed by atoms with Gasteiger partial charge in [-0.3, -0.25) is 4.90 Å². The number of methoxy groups -OCH3 is 1. The smallest absolute Gasteiger partial charge is 0.341 e. The summed E-state index contributed by atoms with van der Waals surface area (Å²) < 4.78 is 10.2. The number of carbonyl (C=O) groups excluding carboxylic acids is 1. The van der Waals surface area contributed by atoms with Crippen LogP contribution in [0.25, 0.3) is 0 Å². The van der Waals surface area contributed by atoms with Crippen LogP contribution in [0.15, 0.2) is 10.5 Å². The second-order valence-corrected chi connectivity index (χ2v) is 4.35. The van der Waals surface area contributed by atoms with Gasteiger partial charge in [0, 0.05) is 13.1 Å². The van der Waals surface area contributed by atoms with E-state index >= 15 is 0 Å². The summed E-state index contributed by atoms with van der Waals surface area (Å²) in [6, 6.07) is 1.71. The molecule has 1 aromatic rings. The maximum absolute atomic E-state index is 11.4. The second-order valence-electron chi connectivity index (χ2n) is 4.35. The molecule has 0 aliphatic carbocycles. The zero-order valence-electron chi connectivity index (χ0n) is 10.1. The molecule has 0 aromatic carbocycles. The molecule has 0 spiro atoms. The molecule has 94 valence electrons. The molecular formula is C12H17NO4. The summed E-state index contributed by atoms with van der Waals surface area (Å²) in [5.41, 5.74) is 0.474. The maximum Gasteiger partial charge on any atom is 0.341 e. The Morgan fingerprint density at radius 2 is 2.47 bits per heavy atom. The van der Waals surface area contributed by atoms with Gasteiger partial charge in [0.15, 0.2) is 0 Å². The van der Waals surface area contributed by atoms with Crippen LogP contribution in [0.2, 0.25) is 0 Å². The van der Waals surface area contributed by atoms with Gasteiger partial charge in [0.1, 0.15) is 17.1 Å². The van der Waals surface area contributed by atoms with Gasteiger partial charge in [-0.1, -0.05) is 0 Å². The highest BCUT2D eigenvalue weighted by molar-refractivity contribution is 5.90. The number of likely N-dealkylation sites (tertiary alicyclic amines) is 1. The number of carbonyl (C=O) groups is 1. The van der Waals surface area contributed by atoms with Crippen molar-refractivity contribution < 1.29 is 19.1 Å². The Labute approximate surface area is 100.0 Å². The van der Waals surface area contributed by atoms with Gasteiger partial charge < -0.3 is 14.3 Å². The van der Waals surface area contributed by atoms with Crippen LogP contribution in [0, 0.1) is 6.92 Å². The minimum atomic E-state index is -0.376. The molecule has 1 aromatic heterocycles. The summed E-state index contributed by atoms with van der Waals surface area (Å²) in [6.07, 6.45) is 0.551. The zero-order chi connectivity index (χ0) is 12.4. The molecular weight excluding hydrogens is 222 g/mol. The number of aliphatic hydroxyl groups is 1. The van der Waals surface area contributed by atoms with E-state index in [0.717, 1.165) is 18.7 Å². The lowest BCUT2D eigenvalue weighted by Crippen LogP contribution is -2.21. The second kappa shape index (κ2) is 4.89. The number of aryl methyl sites for hydroxylation is 1. The number of aliphatic hydroxyl groups excluding tert-OH is 1. The quantitative estimate of drug-likeness (QED) is 0.795. The number of furan rings is 1. The van der Waals surface area contributed by atoms with Crippen molar-refractivity contribution in [3.63, 3.8) is 0 Å². The highest BCUT2D eigenvalue weighted by Crippen LogP contribution is 2.19. The first-order chi connectivity index (χ1) is 8.10. The molecule has 1 aliphatic heterocycles. The Bertz CT molecular complexity index is 413. The molecule has 0 saturated carbocycles. The van der Waals surface area contributed by atoms with Crippen LogP contribution >= 0.6 is 0 Å². The Kier molecular flexibility index (Phi) is 3.49. The van der Waals surface area contributed by atoms with E-state index in [4.69, 9.17) is 4.42 Å². The fourth-order valence-electron chi connectivity index (χ4n) is 2.11. The summed E-state index contributed by atoms with van der Waals surface area (Å²) >= 11 is 0. The van der Waals surface area contributed by atoms with Crippen molar-refractivity contribution >= 4 is 5.97 Å². The van der Waals surface area contributed by atoms with Crippen LogP contribution in [-0.4, -0.2) is 42.3 Å². The third-order valence-corrected chi connectivity index (χ3v) is 3.00. The Hall–Kier alpha value is -1.33. The van der Waals surface area contributed by atoms with E-state index in [0.29, 0.717) is 24.4 Å². The molecule has 5 heteroatoms. The predicted molar refractivity (Wildman–Crippen MR) is 60.7 cm³/mol. The summed E-state index contributed by atoms with van der Waals surface area (Å²) in [6.45, 7) is 3.88. The van der Waals surface area contributed by atoms with Crippen molar-refractivity contribution in [2.75, 3.05) is 20.2 Å². The third kappa shape index (κ3) is 2.68. The van der Waals surface area contributed by atoms with Crippen LogP contribution < -0.4 is 0 Å². The molecule has 5 nitrogen and oxygen atoms in total. The average Bonchev–Trinajstić information content (AvgIpc) is 2.85. The van der Waals surface area contributed by atoms with Gasteiger partial charge in [0.2, 0.25) is 0 Å². The molecule has 0 amide bonds. The van der Waals surface area contributed by atoms with Crippen LogP contribution in [0.4, 0.5) is 0 Å². The standard InChI is InChI=1S/C12H17NO4/c1-8-11(12(15)16-2)5-10(17-8)7-13-4-3-9(14)6-13/h5,9,14H,3-4,6-7H2,1-2H3/t9-/m0/s1. The SMILES string of the molecule is COC(=O)c1cc(CN2CC[C@H](O)C2)oc1C. The van der Waals surface area contributed by atoms with E-state index in [9.17, 15) is 9.90 Å². The molecule has 17 heavy (non-hydrogen) atoms. The number of hydrogen-bond donors (Lipinski definition) is 1. The lowest BCUT2D eigenvalue weighted by molar-refractivity contribution is 0.0599. The van der Waals surface area contributed by atoms with Gasteiger partial charge in [-0.25, -0.2) is 4.79 Å². The van der Waals surface area contributed by atoms with Crippen LogP contribution in [0.3, 0.4) is 0 Å². The van der Waals surface area contributed by atoms with Crippen molar-refractivity contribution in [1.29, 1.82) is 0 Å². The number of esters is 1. The summed E-state index contributed by atoms with van der Waals surface area (Å²) in [5.74, 6) is 0.933. The van der Waals surface area contributed by atoms with E-state index < -0.39 is 0 Å². The topological polar surface area (TPSA) is 62.9 Å². The third-order valence-electron chi connectivity index (χ3n) is 3.00. The zero-order valence-corrected chi connectivity index (χ0v) is 10.1. The molecule has 0 radical (unpaired) electrons. The molecule has 0 bridgehead atoms. The minimum absolute atomic E-state index is 0.244. The molecule has 1 N–H and O–H groups in total. The summed E-state index contributed by atoms with van der Waals surface area (Å²) in [5, 5.41) is 9.42. The first-order valence-electron chi connectivity index (χ1n) is 5.68. The molecule has 2 heterocycles. The largest absolute Gasteiger partial charge is 0.465 e. The molecule has 1 fully saturated rings. The van der Waals surface area contributed by atoms with E-state index in [-0.39, 0.29) is 12.1 Å². The highest BCUT2D eigenvalue weighted by atomic mass is 16.5. The van der Waals surface area contributed by atoms with Gasteiger partial charge in [-0.15, -0.1) is 0 Å². The lowest BCUT2D eigenvalue weighted by atomic mass is 10.2. The lowest BCUT2D eigenvalue weighted by Gasteiger charge is -2.12. The molecule has 0 unspecified atom stereocenters. The Balaban J connectivity index is 2.05. The first kappa shape index (κ1) is 12.1. The molecule has 1 saturated heterocycles. The van der Waals surface area contributed by atoms with E-state index in [1.165, 1.54) is 7.11 Å². The van der Waals surface area contributed by atoms with Crippen LogP contribution in [0.5, 0.6) is 0 Å². The van der Waals surface area contributed by atoms with Crippen molar-refractivity contribution in [2.45, 2.75) is 26.0 Å². The Morgan fingerprint density at radius 3 is 3.06 bits per heavy atom. The molecule has 1 aliphatic rings. The number of ether oxygens (including phenoxy) is 1. The van der Waals surface area contributed by atoms with Gasteiger partial charge in [-0.05, 0) is 19.4 Å². The van der Waals surface area contributed by atoms with Crippen LogP contribution in [0.1, 0.15) is 28.3 Å². The summed E-state index contributed by atoms with van der Waals surface area (Å²) in [7, 11) is 1.35. The average molecular weight is 239 g/mol. The first-order valence-corrected chi connectivity index (χ1v) is 5.68. The van der Waals surface area contributed by atoms with Crippen molar-refractivity contribution in [3.8, 4) is 0 Å². The van der Waals surface area contributed by atoms with Crippen LogP contribution in [-0.2, 0) is 11.3 Å². The highest BCUT2D eigenvalue weighted by Gasteiger charge is 2.22. The van der Waals surface area contributed by atoms with E-state index in [2.05, 4.69) is 9.64 Å². The molecule has 2 rings (SSSR count). The fraction of sp³-hybridized carbons (Fsp3) is 0.583. The van der Waals surface area contributed by atoms with Crippen molar-refractivity contribution in [2.24, 2.45) is 0 Å². The van der Waals surface area contributed by atoms with Gasteiger partial charge >= 0.3 is 5.97 Å². The van der Waals surface area contributed by atoms with Gasteiger partial charge in [-0.2, -0.15) is 0 Å². The number of hydrogen-bond acceptors (Lipinski definition) is 5. The normalized spacial score (nSPS) is 20.8. The summed E-state index contributed by atoms with van der Waals surface area (Å²) in [4.78, 5) is 13.5. The van der Waals surface area contributed by atoms with Gasteiger partial charge in [0.05, 0.1) is 19.8 Å².